The Bertz CT molecular complexity index is 843. The molecule has 1 aromatic heterocycles. The Morgan fingerprint density at radius 1 is 1.31 bits per heavy atom. The first-order valence-electron chi connectivity index (χ1n) is 8.58. The van der Waals surface area contributed by atoms with E-state index in [4.69, 9.17) is 4.74 Å². The van der Waals surface area contributed by atoms with Gasteiger partial charge in [0.2, 0.25) is 0 Å². The molecule has 2 amide bonds. The van der Waals surface area contributed by atoms with Gasteiger partial charge in [-0.2, -0.15) is 0 Å². The van der Waals surface area contributed by atoms with Crippen LogP contribution in [-0.2, 0) is 11.3 Å². The van der Waals surface area contributed by atoms with Crippen LogP contribution in [0.4, 0.5) is 5.69 Å². The summed E-state index contributed by atoms with van der Waals surface area (Å²) < 4.78 is 5.40. The van der Waals surface area contributed by atoms with Crippen LogP contribution in [0.3, 0.4) is 0 Å². The predicted octanol–water partition coefficient (Wildman–Crippen LogP) is 1.74. The largest absolute Gasteiger partial charge is 0.482 e. The van der Waals surface area contributed by atoms with Crippen molar-refractivity contribution in [3.63, 3.8) is 0 Å². The number of amides is 2. The number of ether oxygens (including phenoxy) is 1. The minimum absolute atomic E-state index is 0.00147. The van der Waals surface area contributed by atoms with Crippen molar-refractivity contribution in [2.75, 3.05) is 38.1 Å². The van der Waals surface area contributed by atoms with Gasteiger partial charge in [0.1, 0.15) is 5.75 Å². The monoisotopic (exact) mass is 372 g/mol. The number of fused-ring (bicyclic) bond motifs is 1. The average Bonchev–Trinajstić information content (AvgIpc) is 3.06. The smallest absolute Gasteiger partial charge is 0.262 e. The molecular weight excluding hydrogens is 352 g/mol. The standard InChI is InChI=1S/C18H20N4O3S/c1-12-19-9-14(26-12)10-21-4-6-22(7-5-21)18(24)13-2-3-15-16(8-13)25-11-17(23)20-15/h2-3,8-9H,4-7,10-11H2,1H3,(H,20,23). The van der Waals surface area contributed by atoms with Crippen LogP contribution >= 0.6 is 11.3 Å². The zero-order chi connectivity index (χ0) is 18.1. The molecule has 1 aromatic carbocycles. The lowest BCUT2D eigenvalue weighted by Crippen LogP contribution is -2.48. The van der Waals surface area contributed by atoms with Crippen LogP contribution in [0.25, 0.3) is 0 Å². The Balaban J connectivity index is 1.37. The highest BCUT2D eigenvalue weighted by atomic mass is 32.1. The first-order chi connectivity index (χ1) is 12.6. The summed E-state index contributed by atoms with van der Waals surface area (Å²) in [7, 11) is 0. The van der Waals surface area contributed by atoms with Gasteiger partial charge in [0, 0.05) is 49.4 Å². The number of nitrogens with zero attached hydrogens (tertiary/aromatic N) is 3. The van der Waals surface area contributed by atoms with Crippen LogP contribution in [0.1, 0.15) is 20.2 Å². The number of rotatable bonds is 3. The molecule has 0 spiro atoms. The van der Waals surface area contributed by atoms with E-state index in [1.165, 1.54) is 4.88 Å². The molecule has 1 saturated heterocycles. The molecule has 2 aliphatic heterocycles. The fraction of sp³-hybridized carbons (Fsp3) is 0.389. The number of benzene rings is 1. The maximum Gasteiger partial charge on any atom is 0.262 e. The van der Waals surface area contributed by atoms with Crippen LogP contribution in [0.5, 0.6) is 5.75 Å². The van der Waals surface area contributed by atoms with E-state index in [0.717, 1.165) is 24.6 Å². The molecule has 0 radical (unpaired) electrons. The number of piperazine rings is 1. The Labute approximate surface area is 155 Å². The average molecular weight is 372 g/mol. The molecule has 2 aromatic rings. The lowest BCUT2D eigenvalue weighted by Gasteiger charge is -2.34. The van der Waals surface area contributed by atoms with Gasteiger partial charge in [0.15, 0.2) is 6.61 Å². The van der Waals surface area contributed by atoms with Gasteiger partial charge in [-0.3, -0.25) is 14.5 Å². The number of hydrogen-bond donors (Lipinski definition) is 1. The molecule has 1 N–H and O–H groups in total. The van der Waals surface area contributed by atoms with Crippen molar-refractivity contribution >= 4 is 28.8 Å². The van der Waals surface area contributed by atoms with Gasteiger partial charge in [-0.15, -0.1) is 11.3 Å². The van der Waals surface area contributed by atoms with Crippen molar-refractivity contribution < 1.29 is 14.3 Å². The fourth-order valence-corrected chi connectivity index (χ4v) is 4.04. The summed E-state index contributed by atoms with van der Waals surface area (Å²) in [6.07, 6.45) is 1.93. The number of nitrogens with one attached hydrogen (secondary N) is 1. The summed E-state index contributed by atoms with van der Waals surface area (Å²) in [6.45, 7) is 5.98. The van der Waals surface area contributed by atoms with Gasteiger partial charge >= 0.3 is 0 Å². The molecule has 0 bridgehead atoms. The van der Waals surface area contributed by atoms with E-state index in [1.807, 2.05) is 18.0 Å². The highest BCUT2D eigenvalue weighted by molar-refractivity contribution is 7.11. The number of hydrogen-bond acceptors (Lipinski definition) is 6. The van der Waals surface area contributed by atoms with Crippen molar-refractivity contribution in [3.05, 3.63) is 39.8 Å². The van der Waals surface area contributed by atoms with Gasteiger partial charge in [-0.1, -0.05) is 0 Å². The SMILES string of the molecule is Cc1ncc(CN2CCN(C(=O)c3ccc4c(c3)OCC(=O)N4)CC2)s1. The number of aromatic nitrogens is 1. The molecule has 136 valence electrons. The van der Waals surface area contributed by atoms with Crippen molar-refractivity contribution in [1.82, 2.24) is 14.8 Å². The maximum atomic E-state index is 12.8. The van der Waals surface area contributed by atoms with Gasteiger partial charge in [0.25, 0.3) is 11.8 Å². The second-order valence-electron chi connectivity index (χ2n) is 6.46. The summed E-state index contributed by atoms with van der Waals surface area (Å²) in [4.78, 5) is 33.9. The summed E-state index contributed by atoms with van der Waals surface area (Å²) in [5.74, 6) is 0.375. The summed E-state index contributed by atoms with van der Waals surface area (Å²) >= 11 is 1.72. The number of thiazole rings is 1. The molecule has 0 aliphatic carbocycles. The first kappa shape index (κ1) is 17.0. The van der Waals surface area contributed by atoms with E-state index in [2.05, 4.69) is 15.2 Å². The van der Waals surface area contributed by atoms with E-state index in [0.29, 0.717) is 30.1 Å². The first-order valence-corrected chi connectivity index (χ1v) is 9.40. The Hall–Kier alpha value is -2.45. The molecular formula is C18H20N4O3S. The van der Waals surface area contributed by atoms with Crippen molar-refractivity contribution in [2.24, 2.45) is 0 Å². The van der Waals surface area contributed by atoms with Crippen LogP contribution in [-0.4, -0.2) is 59.4 Å². The maximum absolute atomic E-state index is 12.8. The molecule has 26 heavy (non-hydrogen) atoms. The Kier molecular flexibility index (Phi) is 4.60. The van der Waals surface area contributed by atoms with E-state index in [1.54, 1.807) is 29.5 Å². The molecule has 8 heteroatoms. The number of carbonyl (C=O) groups is 2. The predicted molar refractivity (Wildman–Crippen MR) is 98.6 cm³/mol. The quantitative estimate of drug-likeness (QED) is 0.888. The molecule has 4 rings (SSSR count). The molecule has 7 nitrogen and oxygen atoms in total. The van der Waals surface area contributed by atoms with E-state index in [-0.39, 0.29) is 18.4 Å². The minimum atomic E-state index is -0.177. The van der Waals surface area contributed by atoms with Gasteiger partial charge in [0.05, 0.1) is 10.7 Å². The number of carbonyl (C=O) groups excluding carboxylic acids is 2. The normalized spacial score (nSPS) is 17.4. The highest BCUT2D eigenvalue weighted by Crippen LogP contribution is 2.29. The van der Waals surface area contributed by atoms with Crippen LogP contribution in [0.15, 0.2) is 24.4 Å². The summed E-state index contributed by atoms with van der Waals surface area (Å²) in [6, 6.07) is 5.17. The lowest BCUT2D eigenvalue weighted by atomic mass is 10.1. The summed E-state index contributed by atoms with van der Waals surface area (Å²) in [5, 5.41) is 3.82. The molecule has 3 heterocycles. The molecule has 0 unspecified atom stereocenters. The topological polar surface area (TPSA) is 74.8 Å². The second-order valence-corrected chi connectivity index (χ2v) is 7.78. The minimum Gasteiger partial charge on any atom is -0.482 e. The van der Waals surface area contributed by atoms with E-state index < -0.39 is 0 Å². The van der Waals surface area contributed by atoms with Crippen LogP contribution in [0.2, 0.25) is 0 Å². The zero-order valence-electron chi connectivity index (χ0n) is 14.5. The van der Waals surface area contributed by atoms with E-state index >= 15 is 0 Å². The van der Waals surface area contributed by atoms with E-state index in [9.17, 15) is 9.59 Å². The molecule has 0 atom stereocenters. The second kappa shape index (κ2) is 7.05. The lowest BCUT2D eigenvalue weighted by molar-refractivity contribution is -0.118. The fourth-order valence-electron chi connectivity index (χ4n) is 3.20. The van der Waals surface area contributed by atoms with Gasteiger partial charge in [-0.05, 0) is 25.1 Å². The number of aryl methyl sites for hydroxylation is 1. The van der Waals surface area contributed by atoms with Gasteiger partial charge < -0.3 is 15.0 Å². The van der Waals surface area contributed by atoms with Crippen molar-refractivity contribution in [1.29, 1.82) is 0 Å². The van der Waals surface area contributed by atoms with Gasteiger partial charge in [-0.25, -0.2) is 4.98 Å². The van der Waals surface area contributed by atoms with Crippen molar-refractivity contribution in [2.45, 2.75) is 13.5 Å². The molecule has 0 saturated carbocycles. The Morgan fingerprint density at radius 2 is 2.12 bits per heavy atom. The van der Waals surface area contributed by atoms with Crippen molar-refractivity contribution in [3.8, 4) is 5.75 Å². The number of anilines is 1. The molecule has 2 aliphatic rings. The van der Waals surface area contributed by atoms with Crippen LogP contribution < -0.4 is 10.1 Å². The summed E-state index contributed by atoms with van der Waals surface area (Å²) in [5.41, 5.74) is 1.20. The highest BCUT2D eigenvalue weighted by Gasteiger charge is 2.24. The zero-order valence-corrected chi connectivity index (χ0v) is 15.3. The third kappa shape index (κ3) is 3.56. The third-order valence-electron chi connectivity index (χ3n) is 4.57. The third-order valence-corrected chi connectivity index (χ3v) is 5.47. The molecule has 1 fully saturated rings. The van der Waals surface area contributed by atoms with Crippen LogP contribution in [0, 0.1) is 6.92 Å². The Morgan fingerprint density at radius 3 is 2.85 bits per heavy atom.